The maximum Gasteiger partial charge on any atom is 0.345 e. The largest absolute Gasteiger partial charge is 0.497 e. The molecule has 0 aliphatic heterocycles. The molecule has 3 rings (SSSR count). The maximum atomic E-state index is 12.7. The Kier molecular flexibility index (Phi) is 10.4. The number of unbranched alkanes of at least 4 members (excludes halogenated alkanes) is 7. The van der Waals surface area contributed by atoms with Crippen molar-refractivity contribution in [1.82, 2.24) is 4.98 Å². The van der Waals surface area contributed by atoms with Gasteiger partial charge in [0.15, 0.2) is 0 Å². The molecule has 0 amide bonds. The van der Waals surface area contributed by atoms with Crippen LogP contribution in [0.3, 0.4) is 0 Å². The number of carbonyl (C=O) groups excluding carboxylic acids is 1. The highest BCUT2D eigenvalue weighted by molar-refractivity contribution is 5.81. The fraction of sp³-hybridized carbons (Fsp3) is 0.444. The van der Waals surface area contributed by atoms with Crippen LogP contribution in [-0.2, 0) is 9.53 Å². The summed E-state index contributed by atoms with van der Waals surface area (Å²) >= 11 is 0. The third-order valence-electron chi connectivity index (χ3n) is 5.75. The van der Waals surface area contributed by atoms with Gasteiger partial charge in [-0.25, -0.2) is 4.79 Å². The molecule has 2 heterocycles. The molecule has 0 aliphatic rings. The van der Waals surface area contributed by atoms with Crippen molar-refractivity contribution in [3.8, 4) is 28.5 Å². The first-order valence-corrected chi connectivity index (χ1v) is 12.0. The third kappa shape index (κ3) is 7.73. The number of carbonyl (C=O) groups is 1. The fourth-order valence-corrected chi connectivity index (χ4v) is 3.85. The van der Waals surface area contributed by atoms with Gasteiger partial charge in [-0.3, -0.25) is 4.79 Å². The Morgan fingerprint density at radius 3 is 2.23 bits per heavy atom. The Morgan fingerprint density at radius 2 is 1.54 bits per heavy atom. The smallest absolute Gasteiger partial charge is 0.345 e. The van der Waals surface area contributed by atoms with E-state index in [4.69, 9.17) is 18.6 Å². The molecule has 8 nitrogen and oxygen atoms in total. The summed E-state index contributed by atoms with van der Waals surface area (Å²) in [4.78, 5) is 27.1. The number of fused-ring (bicyclic) bond motifs is 1. The van der Waals surface area contributed by atoms with Gasteiger partial charge in [-0.05, 0) is 37.1 Å². The molecule has 0 bridgehead atoms. The topological polar surface area (TPSA) is 97.1 Å². The van der Waals surface area contributed by atoms with E-state index in [9.17, 15) is 9.59 Å². The molecule has 0 N–H and O–H groups in total. The van der Waals surface area contributed by atoms with Crippen molar-refractivity contribution in [3.63, 3.8) is 0 Å². The zero-order valence-corrected chi connectivity index (χ0v) is 20.4. The zero-order chi connectivity index (χ0) is 24.9. The molecular formula is C27H33NO7. The number of hydrogen-bond acceptors (Lipinski definition) is 8. The molecule has 0 saturated carbocycles. The highest BCUT2D eigenvalue weighted by Crippen LogP contribution is 2.33. The van der Waals surface area contributed by atoms with Gasteiger partial charge in [0, 0.05) is 23.1 Å². The molecule has 188 valence electrons. The molecule has 3 aromatic rings. The van der Waals surface area contributed by atoms with Crippen molar-refractivity contribution in [1.29, 1.82) is 0 Å². The van der Waals surface area contributed by atoms with E-state index in [-0.39, 0.29) is 5.71 Å². The van der Waals surface area contributed by atoms with E-state index in [1.165, 1.54) is 12.8 Å². The first-order chi connectivity index (χ1) is 17.2. The van der Waals surface area contributed by atoms with E-state index in [0.717, 1.165) is 38.5 Å². The van der Waals surface area contributed by atoms with Crippen molar-refractivity contribution >= 4 is 17.6 Å². The lowest BCUT2D eigenvalue weighted by molar-refractivity contribution is -0.128. The Balaban J connectivity index is 1.48. The van der Waals surface area contributed by atoms with Crippen LogP contribution in [0.4, 0.5) is 0 Å². The van der Waals surface area contributed by atoms with Crippen molar-refractivity contribution in [2.75, 3.05) is 27.4 Å². The number of ether oxygens (including phenoxy) is 4. The monoisotopic (exact) mass is 483 g/mol. The van der Waals surface area contributed by atoms with Crippen LogP contribution in [0.5, 0.6) is 17.4 Å². The van der Waals surface area contributed by atoms with Gasteiger partial charge in [0.2, 0.25) is 11.6 Å². The van der Waals surface area contributed by atoms with E-state index in [2.05, 4.69) is 9.72 Å². The molecule has 0 saturated heterocycles. The minimum atomic E-state index is -0.498. The molecule has 2 aromatic heterocycles. The van der Waals surface area contributed by atoms with Crippen LogP contribution < -0.4 is 19.8 Å². The maximum absolute atomic E-state index is 12.7. The second kappa shape index (κ2) is 14.0. The lowest BCUT2D eigenvalue weighted by Gasteiger charge is -2.10. The second-order valence-electron chi connectivity index (χ2n) is 8.20. The van der Waals surface area contributed by atoms with Crippen LogP contribution in [-0.4, -0.2) is 38.9 Å². The number of nitrogens with zero attached hydrogens (tertiary/aromatic N) is 1. The number of methoxy groups -OCH3 is 2. The Morgan fingerprint density at radius 1 is 0.829 bits per heavy atom. The van der Waals surface area contributed by atoms with Crippen molar-refractivity contribution in [2.45, 2.75) is 51.4 Å². The number of benzene rings is 1. The fourth-order valence-electron chi connectivity index (χ4n) is 3.85. The van der Waals surface area contributed by atoms with Gasteiger partial charge in [0.1, 0.15) is 11.5 Å². The first-order valence-electron chi connectivity index (χ1n) is 12.0. The van der Waals surface area contributed by atoms with E-state index in [0.29, 0.717) is 53.6 Å². The summed E-state index contributed by atoms with van der Waals surface area (Å²) in [6.45, 7) is 1.58. The second-order valence-corrected chi connectivity index (χ2v) is 8.20. The summed E-state index contributed by atoms with van der Waals surface area (Å²) in [6.07, 6.45) is 8.76. The average Bonchev–Trinajstić information content (AvgIpc) is 2.88. The summed E-state index contributed by atoms with van der Waals surface area (Å²) in [5, 5.41) is 0.697. The van der Waals surface area contributed by atoms with Gasteiger partial charge in [-0.15, -0.1) is 0 Å². The van der Waals surface area contributed by atoms with Crippen molar-refractivity contribution in [3.05, 3.63) is 46.8 Å². The normalized spacial score (nSPS) is 10.8. The molecule has 1 aromatic carbocycles. The zero-order valence-electron chi connectivity index (χ0n) is 20.4. The van der Waals surface area contributed by atoms with Crippen LogP contribution in [0.25, 0.3) is 22.2 Å². The molecule has 0 atom stereocenters. The molecule has 0 spiro atoms. The van der Waals surface area contributed by atoms with Gasteiger partial charge < -0.3 is 23.4 Å². The van der Waals surface area contributed by atoms with E-state index < -0.39 is 5.63 Å². The van der Waals surface area contributed by atoms with Gasteiger partial charge in [0.25, 0.3) is 6.47 Å². The van der Waals surface area contributed by atoms with Gasteiger partial charge in [-0.1, -0.05) is 38.5 Å². The third-order valence-corrected chi connectivity index (χ3v) is 5.75. The summed E-state index contributed by atoms with van der Waals surface area (Å²) in [5.74, 6) is 1.60. The van der Waals surface area contributed by atoms with Crippen molar-refractivity contribution < 1.29 is 28.2 Å². The molecule has 8 heteroatoms. The molecule has 0 radical (unpaired) electrons. The predicted molar refractivity (Wildman–Crippen MR) is 133 cm³/mol. The van der Waals surface area contributed by atoms with Crippen molar-refractivity contribution in [2.24, 2.45) is 0 Å². The van der Waals surface area contributed by atoms with E-state index in [1.807, 2.05) is 6.07 Å². The Hall–Kier alpha value is -3.55. The Labute approximate surface area is 205 Å². The Bertz CT molecular complexity index is 1140. The lowest BCUT2D eigenvalue weighted by atomic mass is 10.1. The van der Waals surface area contributed by atoms with E-state index in [1.54, 1.807) is 44.6 Å². The van der Waals surface area contributed by atoms with Gasteiger partial charge >= 0.3 is 5.63 Å². The minimum Gasteiger partial charge on any atom is -0.497 e. The standard InChI is InChI=1S/C27H33NO7/c1-31-21-12-13-22(24(18-21)32-2)23-17-20-11-14-25(28-26(20)35-27(23)30)34-16-10-8-6-4-3-5-7-9-15-33-19-29/h11-14,17-19H,3-10,15-16H2,1-2H3. The lowest BCUT2D eigenvalue weighted by Crippen LogP contribution is -2.05. The average molecular weight is 484 g/mol. The quantitative estimate of drug-likeness (QED) is 0.193. The number of pyridine rings is 1. The molecule has 0 aliphatic carbocycles. The van der Waals surface area contributed by atoms with E-state index >= 15 is 0 Å². The summed E-state index contributed by atoms with van der Waals surface area (Å²) in [6, 6.07) is 10.6. The SMILES string of the molecule is COc1ccc(-c2cc3ccc(OCCCCCCCCCCOC=O)nc3oc2=O)c(OC)c1. The molecule has 35 heavy (non-hydrogen) atoms. The highest BCUT2D eigenvalue weighted by atomic mass is 16.5. The summed E-state index contributed by atoms with van der Waals surface area (Å²) < 4.78 is 26.6. The number of aromatic nitrogens is 1. The number of hydrogen-bond donors (Lipinski definition) is 0. The first kappa shape index (κ1) is 26.1. The summed E-state index contributed by atoms with van der Waals surface area (Å²) in [7, 11) is 3.12. The van der Waals surface area contributed by atoms with Crippen LogP contribution in [0, 0.1) is 0 Å². The predicted octanol–water partition coefficient (Wildman–Crippen LogP) is 5.54. The van der Waals surface area contributed by atoms with Gasteiger partial charge in [-0.2, -0.15) is 4.98 Å². The van der Waals surface area contributed by atoms with Crippen LogP contribution in [0.15, 0.2) is 45.6 Å². The van der Waals surface area contributed by atoms with Crippen LogP contribution in [0.2, 0.25) is 0 Å². The molecular weight excluding hydrogens is 450 g/mol. The number of rotatable bonds is 16. The molecule has 0 unspecified atom stereocenters. The summed E-state index contributed by atoms with van der Waals surface area (Å²) in [5.41, 5.74) is 0.752. The highest BCUT2D eigenvalue weighted by Gasteiger charge is 2.14. The molecule has 0 fully saturated rings. The minimum absolute atomic E-state index is 0.238. The van der Waals surface area contributed by atoms with Crippen LogP contribution >= 0.6 is 0 Å². The van der Waals surface area contributed by atoms with Crippen LogP contribution in [0.1, 0.15) is 51.4 Å². The van der Waals surface area contributed by atoms with Gasteiger partial charge in [0.05, 0.1) is 33.0 Å².